The van der Waals surface area contributed by atoms with E-state index in [1.807, 2.05) is 30.3 Å². The molecule has 0 aliphatic carbocycles. The van der Waals surface area contributed by atoms with Crippen LogP contribution in [-0.4, -0.2) is 12.5 Å². The van der Waals surface area contributed by atoms with Gasteiger partial charge in [-0.05, 0) is 5.56 Å². The van der Waals surface area contributed by atoms with Gasteiger partial charge in [-0.15, -0.1) is 0 Å². The van der Waals surface area contributed by atoms with Crippen LogP contribution in [-0.2, 0) is 11.3 Å². The molecule has 0 aliphatic rings. The van der Waals surface area contributed by atoms with Crippen LogP contribution in [0.5, 0.6) is 5.75 Å². The number of benzene rings is 2. The lowest BCUT2D eigenvalue weighted by Crippen LogP contribution is -2.28. The molecule has 4 nitrogen and oxygen atoms in total. The van der Waals surface area contributed by atoms with E-state index in [9.17, 15) is 13.6 Å². The summed E-state index contributed by atoms with van der Waals surface area (Å²) >= 11 is 0. The summed E-state index contributed by atoms with van der Waals surface area (Å²) in [4.78, 5) is 11.6. The molecular weight excluding hydrogens is 278 g/mol. The average Bonchev–Trinajstić information content (AvgIpc) is 2.48. The number of amides is 1. The zero-order chi connectivity index (χ0) is 15.2. The molecule has 0 aromatic heterocycles. The number of carbonyl (C=O) groups excluding carboxylic acids is 1. The molecule has 0 atom stereocenters. The van der Waals surface area contributed by atoms with Crippen LogP contribution in [0.4, 0.5) is 14.5 Å². The zero-order valence-electron chi connectivity index (χ0n) is 11.1. The SMILES string of the molecule is Nc1cc(F)c(OCC(=O)NCc2ccccc2)cc1F. The van der Waals surface area contributed by atoms with E-state index >= 15 is 0 Å². The first-order valence-electron chi connectivity index (χ1n) is 6.24. The number of anilines is 1. The third-order valence-electron chi connectivity index (χ3n) is 2.74. The third-order valence-corrected chi connectivity index (χ3v) is 2.74. The number of nitrogens with two attached hydrogens (primary N) is 1. The van der Waals surface area contributed by atoms with Gasteiger partial charge in [0, 0.05) is 18.7 Å². The highest BCUT2D eigenvalue weighted by atomic mass is 19.1. The minimum Gasteiger partial charge on any atom is -0.481 e. The Kier molecular flexibility index (Phi) is 4.71. The van der Waals surface area contributed by atoms with Crippen molar-refractivity contribution in [2.24, 2.45) is 0 Å². The van der Waals surface area contributed by atoms with Crippen LogP contribution in [0.25, 0.3) is 0 Å². The standard InChI is InChI=1S/C15H14F2N2O2/c16-11-7-14(12(17)6-13(11)18)21-9-15(20)19-8-10-4-2-1-3-5-10/h1-7H,8-9,18H2,(H,19,20). The molecule has 0 aliphatic heterocycles. The number of ether oxygens (including phenoxy) is 1. The number of carbonyl (C=O) groups is 1. The number of nitrogens with one attached hydrogen (secondary N) is 1. The summed E-state index contributed by atoms with van der Waals surface area (Å²) in [5, 5.41) is 2.61. The maximum absolute atomic E-state index is 13.4. The fraction of sp³-hybridized carbons (Fsp3) is 0.133. The fourth-order valence-electron chi connectivity index (χ4n) is 1.65. The van der Waals surface area contributed by atoms with Crippen molar-refractivity contribution in [3.8, 4) is 5.75 Å². The van der Waals surface area contributed by atoms with Crippen LogP contribution in [0.2, 0.25) is 0 Å². The molecule has 0 heterocycles. The quantitative estimate of drug-likeness (QED) is 0.831. The minimum absolute atomic E-state index is 0.312. The van der Waals surface area contributed by atoms with Crippen molar-refractivity contribution in [2.75, 3.05) is 12.3 Å². The highest BCUT2D eigenvalue weighted by molar-refractivity contribution is 5.77. The normalized spacial score (nSPS) is 10.2. The van der Waals surface area contributed by atoms with E-state index in [1.165, 1.54) is 0 Å². The number of nitrogen functional groups attached to an aromatic ring is 1. The Balaban J connectivity index is 1.85. The first kappa shape index (κ1) is 14.8. The van der Waals surface area contributed by atoms with Gasteiger partial charge in [-0.1, -0.05) is 30.3 Å². The summed E-state index contributed by atoms with van der Waals surface area (Å²) in [7, 11) is 0. The molecule has 6 heteroatoms. The number of rotatable bonds is 5. The summed E-state index contributed by atoms with van der Waals surface area (Å²) in [6.45, 7) is -0.0747. The monoisotopic (exact) mass is 292 g/mol. The molecule has 3 N–H and O–H groups in total. The van der Waals surface area contributed by atoms with Crippen molar-refractivity contribution < 1.29 is 18.3 Å². The summed E-state index contributed by atoms with van der Waals surface area (Å²) in [6, 6.07) is 10.9. The smallest absolute Gasteiger partial charge is 0.258 e. The predicted octanol–water partition coefficient (Wildman–Crippen LogP) is 2.24. The molecule has 21 heavy (non-hydrogen) atoms. The lowest BCUT2D eigenvalue weighted by molar-refractivity contribution is -0.123. The molecule has 0 saturated carbocycles. The molecule has 2 aromatic carbocycles. The zero-order valence-corrected chi connectivity index (χ0v) is 11.1. The first-order chi connectivity index (χ1) is 10.1. The molecule has 0 radical (unpaired) electrons. The highest BCUT2D eigenvalue weighted by Gasteiger charge is 2.10. The van der Waals surface area contributed by atoms with Crippen molar-refractivity contribution >= 4 is 11.6 Å². The molecule has 0 unspecified atom stereocenters. The van der Waals surface area contributed by atoms with E-state index in [2.05, 4.69) is 5.32 Å². The Hall–Kier alpha value is -2.63. The van der Waals surface area contributed by atoms with Gasteiger partial charge in [0.15, 0.2) is 18.2 Å². The van der Waals surface area contributed by atoms with Gasteiger partial charge in [0.2, 0.25) is 0 Å². The second kappa shape index (κ2) is 6.69. The van der Waals surface area contributed by atoms with Gasteiger partial charge < -0.3 is 15.8 Å². The minimum atomic E-state index is -0.815. The highest BCUT2D eigenvalue weighted by Crippen LogP contribution is 2.22. The van der Waals surface area contributed by atoms with Crippen molar-refractivity contribution in [3.05, 3.63) is 59.7 Å². The van der Waals surface area contributed by atoms with E-state index in [0.717, 1.165) is 17.7 Å². The van der Waals surface area contributed by atoms with E-state index < -0.39 is 24.1 Å². The maximum Gasteiger partial charge on any atom is 0.258 e. The lowest BCUT2D eigenvalue weighted by atomic mass is 10.2. The summed E-state index contributed by atoms with van der Waals surface area (Å²) in [5.41, 5.74) is 5.82. The molecule has 2 aromatic rings. The topological polar surface area (TPSA) is 64.3 Å². The van der Waals surface area contributed by atoms with E-state index in [-0.39, 0.29) is 11.4 Å². The molecule has 1 amide bonds. The second-order valence-electron chi connectivity index (χ2n) is 4.36. The van der Waals surface area contributed by atoms with Crippen molar-refractivity contribution in [2.45, 2.75) is 6.54 Å². The molecular formula is C15H14F2N2O2. The number of hydrogen-bond donors (Lipinski definition) is 2. The number of halogens is 2. The number of hydrogen-bond acceptors (Lipinski definition) is 3. The Morgan fingerprint density at radius 2 is 1.86 bits per heavy atom. The Morgan fingerprint density at radius 3 is 2.57 bits per heavy atom. The van der Waals surface area contributed by atoms with Crippen LogP contribution in [0.1, 0.15) is 5.56 Å². The van der Waals surface area contributed by atoms with Crippen LogP contribution < -0.4 is 15.8 Å². The summed E-state index contributed by atoms with van der Waals surface area (Å²) in [5.74, 6) is -2.40. The molecule has 0 bridgehead atoms. The Morgan fingerprint density at radius 1 is 1.14 bits per heavy atom. The third kappa shape index (κ3) is 4.17. The van der Waals surface area contributed by atoms with Gasteiger partial charge in [-0.2, -0.15) is 0 Å². The molecule has 0 saturated heterocycles. The van der Waals surface area contributed by atoms with Gasteiger partial charge in [-0.3, -0.25) is 4.79 Å². The lowest BCUT2D eigenvalue weighted by Gasteiger charge is -2.09. The van der Waals surface area contributed by atoms with Crippen molar-refractivity contribution in [1.82, 2.24) is 5.32 Å². The van der Waals surface area contributed by atoms with Crippen LogP contribution >= 0.6 is 0 Å². The van der Waals surface area contributed by atoms with Gasteiger partial charge in [0.1, 0.15) is 5.82 Å². The maximum atomic E-state index is 13.4. The molecule has 110 valence electrons. The summed E-state index contributed by atoms with van der Waals surface area (Å²) < 4.78 is 31.5. The summed E-state index contributed by atoms with van der Waals surface area (Å²) in [6.07, 6.45) is 0. The van der Waals surface area contributed by atoms with Gasteiger partial charge in [-0.25, -0.2) is 8.78 Å². The van der Waals surface area contributed by atoms with Crippen molar-refractivity contribution in [1.29, 1.82) is 0 Å². The van der Waals surface area contributed by atoms with Crippen LogP contribution in [0.15, 0.2) is 42.5 Å². The van der Waals surface area contributed by atoms with Gasteiger partial charge in [0.25, 0.3) is 5.91 Å². The molecule has 0 spiro atoms. The van der Waals surface area contributed by atoms with Gasteiger partial charge >= 0.3 is 0 Å². The first-order valence-corrected chi connectivity index (χ1v) is 6.24. The van der Waals surface area contributed by atoms with Crippen LogP contribution in [0, 0.1) is 11.6 Å². The van der Waals surface area contributed by atoms with Crippen LogP contribution in [0.3, 0.4) is 0 Å². The van der Waals surface area contributed by atoms with E-state index in [0.29, 0.717) is 6.54 Å². The molecule has 0 fully saturated rings. The fourth-order valence-corrected chi connectivity index (χ4v) is 1.65. The van der Waals surface area contributed by atoms with E-state index in [1.54, 1.807) is 0 Å². The second-order valence-corrected chi connectivity index (χ2v) is 4.36. The van der Waals surface area contributed by atoms with Crippen molar-refractivity contribution in [3.63, 3.8) is 0 Å². The van der Waals surface area contributed by atoms with Gasteiger partial charge in [0.05, 0.1) is 5.69 Å². The Bertz CT molecular complexity index is 633. The predicted molar refractivity (Wildman–Crippen MR) is 74.6 cm³/mol. The Labute approximate surface area is 120 Å². The average molecular weight is 292 g/mol. The van der Waals surface area contributed by atoms with E-state index in [4.69, 9.17) is 10.5 Å². The largest absolute Gasteiger partial charge is 0.481 e. The molecule has 2 rings (SSSR count).